The molecule has 0 bridgehead atoms. The first-order chi connectivity index (χ1) is 11.7. The molecule has 0 heterocycles. The molecule has 1 amide bonds. The molecule has 6 heteroatoms. The van der Waals surface area contributed by atoms with E-state index >= 15 is 0 Å². The lowest BCUT2D eigenvalue weighted by Crippen LogP contribution is -2.28. The number of benzene rings is 1. The summed E-state index contributed by atoms with van der Waals surface area (Å²) in [6.07, 6.45) is 6.81. The summed E-state index contributed by atoms with van der Waals surface area (Å²) in [6.45, 7) is 0.756. The number of amides is 1. The Morgan fingerprint density at radius 1 is 1.17 bits per heavy atom. The quantitative estimate of drug-likeness (QED) is 0.527. The molecule has 1 N–H and O–H groups in total. The Morgan fingerprint density at radius 2 is 1.92 bits per heavy atom. The van der Waals surface area contributed by atoms with Gasteiger partial charge in [-0.2, -0.15) is 11.8 Å². The van der Waals surface area contributed by atoms with Gasteiger partial charge >= 0.3 is 0 Å². The van der Waals surface area contributed by atoms with Crippen LogP contribution in [0, 0.1) is 0 Å². The summed E-state index contributed by atoms with van der Waals surface area (Å²) in [5.74, 6) is 2.90. The topological polar surface area (TPSA) is 47.6 Å². The molecule has 0 aliphatic heterocycles. The van der Waals surface area contributed by atoms with Crippen LogP contribution >= 0.6 is 23.5 Å². The molecule has 0 spiro atoms. The molecule has 4 nitrogen and oxygen atoms in total. The summed E-state index contributed by atoms with van der Waals surface area (Å²) in [4.78, 5) is 12.9. The van der Waals surface area contributed by atoms with Gasteiger partial charge in [0.15, 0.2) is 11.5 Å². The van der Waals surface area contributed by atoms with Gasteiger partial charge in [-0.25, -0.2) is 0 Å². The minimum absolute atomic E-state index is 0.0824. The third-order valence-electron chi connectivity index (χ3n) is 4.05. The average molecular weight is 370 g/mol. The van der Waals surface area contributed by atoms with E-state index in [0.29, 0.717) is 17.3 Å². The minimum Gasteiger partial charge on any atom is -0.493 e. The van der Waals surface area contributed by atoms with E-state index in [4.69, 9.17) is 9.47 Å². The molecule has 24 heavy (non-hydrogen) atoms. The van der Waals surface area contributed by atoms with Gasteiger partial charge in [0.25, 0.3) is 0 Å². The first-order valence-corrected chi connectivity index (χ1v) is 10.5. The summed E-state index contributed by atoms with van der Waals surface area (Å²) in [5.41, 5.74) is 0. The van der Waals surface area contributed by atoms with Crippen molar-refractivity contribution in [3.05, 3.63) is 18.2 Å². The number of thioether (sulfide) groups is 2. The Hall–Kier alpha value is -1.01. The largest absolute Gasteiger partial charge is 0.493 e. The van der Waals surface area contributed by atoms with Crippen molar-refractivity contribution in [2.45, 2.75) is 42.2 Å². The second kappa shape index (κ2) is 10.8. The van der Waals surface area contributed by atoms with Gasteiger partial charge in [0, 0.05) is 22.4 Å². The molecule has 1 aromatic carbocycles. The maximum atomic E-state index is 11.9. The number of hydrogen-bond acceptors (Lipinski definition) is 5. The molecule has 0 saturated heterocycles. The molecular weight excluding hydrogens is 342 g/mol. The number of ether oxygens (including phenoxy) is 2. The van der Waals surface area contributed by atoms with E-state index < -0.39 is 0 Å². The summed E-state index contributed by atoms with van der Waals surface area (Å²) in [5, 5.41) is 3.81. The minimum atomic E-state index is 0.0824. The first-order valence-electron chi connectivity index (χ1n) is 8.46. The SMILES string of the molecule is COc1ccc(SCC(=O)NCCSC2CCCCC2)cc1OC. The second-order valence-electron chi connectivity index (χ2n) is 5.79. The van der Waals surface area contributed by atoms with E-state index in [2.05, 4.69) is 5.32 Å². The van der Waals surface area contributed by atoms with Gasteiger partial charge in [-0.1, -0.05) is 19.3 Å². The van der Waals surface area contributed by atoms with Crippen molar-refractivity contribution in [2.75, 3.05) is 32.3 Å². The van der Waals surface area contributed by atoms with Gasteiger partial charge < -0.3 is 14.8 Å². The molecule has 0 atom stereocenters. The molecule has 0 radical (unpaired) electrons. The summed E-state index contributed by atoms with van der Waals surface area (Å²) in [6, 6.07) is 5.70. The van der Waals surface area contributed by atoms with Crippen LogP contribution in [0.3, 0.4) is 0 Å². The monoisotopic (exact) mass is 369 g/mol. The smallest absolute Gasteiger partial charge is 0.230 e. The molecule has 1 saturated carbocycles. The molecule has 0 unspecified atom stereocenters. The van der Waals surface area contributed by atoms with Crippen LogP contribution in [0.1, 0.15) is 32.1 Å². The van der Waals surface area contributed by atoms with Crippen LogP contribution in [0.25, 0.3) is 0 Å². The number of rotatable bonds is 9. The summed E-state index contributed by atoms with van der Waals surface area (Å²) >= 11 is 3.52. The molecule has 1 aliphatic carbocycles. The lowest BCUT2D eigenvalue weighted by Gasteiger charge is -2.20. The Balaban J connectivity index is 1.63. The Bertz CT molecular complexity index is 519. The maximum Gasteiger partial charge on any atom is 0.230 e. The highest BCUT2D eigenvalue weighted by molar-refractivity contribution is 8.00. The van der Waals surface area contributed by atoms with Gasteiger partial charge in [0.2, 0.25) is 5.91 Å². The van der Waals surface area contributed by atoms with Gasteiger partial charge in [-0.15, -0.1) is 11.8 Å². The van der Waals surface area contributed by atoms with Crippen molar-refractivity contribution in [2.24, 2.45) is 0 Å². The van der Waals surface area contributed by atoms with Crippen molar-refractivity contribution in [1.82, 2.24) is 5.32 Å². The van der Waals surface area contributed by atoms with E-state index in [-0.39, 0.29) is 5.91 Å². The maximum absolute atomic E-state index is 11.9. The lowest BCUT2D eigenvalue weighted by atomic mass is 10.0. The molecule has 1 fully saturated rings. The zero-order chi connectivity index (χ0) is 17.2. The number of hydrogen-bond donors (Lipinski definition) is 1. The zero-order valence-electron chi connectivity index (χ0n) is 14.5. The van der Waals surface area contributed by atoms with Crippen molar-refractivity contribution in [3.63, 3.8) is 0 Å². The van der Waals surface area contributed by atoms with Crippen molar-refractivity contribution >= 4 is 29.4 Å². The van der Waals surface area contributed by atoms with E-state index in [1.54, 1.807) is 14.2 Å². The van der Waals surface area contributed by atoms with Crippen molar-refractivity contribution < 1.29 is 14.3 Å². The van der Waals surface area contributed by atoms with Gasteiger partial charge in [0.1, 0.15) is 0 Å². The third kappa shape index (κ3) is 6.48. The van der Waals surface area contributed by atoms with Crippen LogP contribution < -0.4 is 14.8 Å². The Morgan fingerprint density at radius 3 is 2.62 bits per heavy atom. The number of carbonyl (C=O) groups excluding carboxylic acids is 1. The van der Waals surface area contributed by atoms with E-state index in [0.717, 1.165) is 22.4 Å². The molecule has 134 valence electrons. The van der Waals surface area contributed by atoms with Gasteiger partial charge in [-0.3, -0.25) is 4.79 Å². The fourth-order valence-electron chi connectivity index (χ4n) is 2.75. The van der Waals surface area contributed by atoms with Crippen LogP contribution in [-0.4, -0.2) is 43.4 Å². The third-order valence-corrected chi connectivity index (χ3v) is 6.43. The Kier molecular flexibility index (Phi) is 8.67. The van der Waals surface area contributed by atoms with Gasteiger partial charge in [-0.05, 0) is 31.0 Å². The van der Waals surface area contributed by atoms with Crippen molar-refractivity contribution in [1.29, 1.82) is 0 Å². The van der Waals surface area contributed by atoms with E-state index in [9.17, 15) is 4.79 Å². The highest BCUT2D eigenvalue weighted by Crippen LogP contribution is 2.31. The first kappa shape index (κ1) is 19.3. The number of nitrogens with one attached hydrogen (secondary N) is 1. The fraction of sp³-hybridized carbons (Fsp3) is 0.611. The second-order valence-corrected chi connectivity index (χ2v) is 8.24. The predicted octanol–water partition coefficient (Wildman–Crippen LogP) is 3.98. The van der Waals surface area contributed by atoms with E-state index in [1.807, 2.05) is 30.0 Å². The van der Waals surface area contributed by atoms with Crippen LogP contribution in [0.2, 0.25) is 0 Å². The fourth-order valence-corrected chi connectivity index (χ4v) is 4.73. The van der Waals surface area contributed by atoms with Crippen LogP contribution in [0.4, 0.5) is 0 Å². The van der Waals surface area contributed by atoms with Crippen LogP contribution in [0.15, 0.2) is 23.1 Å². The normalized spacial score (nSPS) is 15.1. The highest BCUT2D eigenvalue weighted by atomic mass is 32.2. The van der Waals surface area contributed by atoms with Crippen LogP contribution in [0.5, 0.6) is 11.5 Å². The molecule has 1 aromatic rings. The van der Waals surface area contributed by atoms with Crippen LogP contribution in [-0.2, 0) is 4.79 Å². The molecular formula is C18H27NO3S2. The van der Waals surface area contributed by atoms with Gasteiger partial charge in [0.05, 0.1) is 20.0 Å². The van der Waals surface area contributed by atoms with Crippen molar-refractivity contribution in [3.8, 4) is 11.5 Å². The zero-order valence-corrected chi connectivity index (χ0v) is 16.1. The summed E-state index contributed by atoms with van der Waals surface area (Å²) in [7, 11) is 3.23. The number of carbonyl (C=O) groups is 1. The molecule has 1 aliphatic rings. The number of methoxy groups -OCH3 is 2. The Labute approximate surface area is 153 Å². The summed E-state index contributed by atoms with van der Waals surface area (Å²) < 4.78 is 10.5. The highest BCUT2D eigenvalue weighted by Gasteiger charge is 2.13. The molecule has 0 aromatic heterocycles. The lowest BCUT2D eigenvalue weighted by molar-refractivity contribution is -0.118. The standard InChI is InChI=1S/C18H27NO3S2/c1-21-16-9-8-15(12-17(16)22-2)24-13-18(20)19-10-11-23-14-6-4-3-5-7-14/h8-9,12,14H,3-7,10-11,13H2,1-2H3,(H,19,20). The molecule has 2 rings (SSSR count). The van der Waals surface area contributed by atoms with E-state index in [1.165, 1.54) is 43.9 Å². The average Bonchev–Trinajstić information content (AvgIpc) is 2.64. The predicted molar refractivity (Wildman–Crippen MR) is 103 cm³/mol.